The predicted molar refractivity (Wildman–Crippen MR) is 86.0 cm³/mol. The molecule has 118 valence electrons. The summed E-state index contributed by atoms with van der Waals surface area (Å²) in [6.07, 6.45) is 7.64. The molecule has 6 nitrogen and oxygen atoms in total. The summed E-state index contributed by atoms with van der Waals surface area (Å²) >= 11 is 0. The second kappa shape index (κ2) is 6.08. The van der Waals surface area contributed by atoms with E-state index in [0.717, 1.165) is 0 Å². The fourth-order valence-electron chi connectivity index (χ4n) is 2.88. The summed E-state index contributed by atoms with van der Waals surface area (Å²) in [4.78, 5) is 26.3. The number of para-hydroxylation sites is 1. The summed E-state index contributed by atoms with van der Waals surface area (Å²) in [7, 11) is 0. The first-order valence-electron chi connectivity index (χ1n) is 7.45. The minimum absolute atomic E-state index is 0.0571. The van der Waals surface area contributed by atoms with E-state index >= 15 is 0 Å². The number of fused-ring (bicyclic) bond motifs is 1. The van der Waals surface area contributed by atoms with Gasteiger partial charge in [0.2, 0.25) is 0 Å². The molecule has 1 saturated heterocycles. The third-order valence-electron chi connectivity index (χ3n) is 4.03. The molecule has 0 saturated carbocycles. The summed E-state index contributed by atoms with van der Waals surface area (Å²) in [5, 5.41) is 13.7. The summed E-state index contributed by atoms with van der Waals surface area (Å²) < 4.78 is 0. The van der Waals surface area contributed by atoms with Crippen LogP contribution in [0.4, 0.5) is 0 Å². The summed E-state index contributed by atoms with van der Waals surface area (Å²) in [5.41, 5.74) is 2.80. The van der Waals surface area contributed by atoms with E-state index in [4.69, 9.17) is 0 Å². The quantitative estimate of drug-likeness (QED) is 0.829. The third-order valence-corrected chi connectivity index (χ3v) is 4.03. The molecule has 2 amide bonds. The Balaban J connectivity index is 1.83. The smallest absolute Gasteiger partial charge is 0.275 e. The number of carbonyl (C=O) groups is 2. The molecule has 6 heteroatoms. The van der Waals surface area contributed by atoms with Crippen LogP contribution < -0.4 is 5.43 Å². The van der Waals surface area contributed by atoms with E-state index in [1.165, 1.54) is 12.1 Å². The summed E-state index contributed by atoms with van der Waals surface area (Å²) in [6, 6.07) is 6.13. The molecule has 1 aliphatic heterocycles. The Morgan fingerprint density at radius 1 is 1.30 bits per heavy atom. The van der Waals surface area contributed by atoms with Crippen LogP contribution in [0.5, 0.6) is 5.75 Å². The first kappa shape index (κ1) is 15.0. The highest BCUT2D eigenvalue weighted by Gasteiger charge is 2.43. The van der Waals surface area contributed by atoms with Gasteiger partial charge >= 0.3 is 0 Å². The predicted octanol–water partition coefficient (Wildman–Crippen LogP) is 1.45. The van der Waals surface area contributed by atoms with E-state index in [1.54, 1.807) is 17.0 Å². The molecule has 0 radical (unpaired) electrons. The maximum Gasteiger partial charge on any atom is 0.275 e. The maximum absolute atomic E-state index is 12.4. The lowest BCUT2D eigenvalue weighted by Gasteiger charge is -2.23. The van der Waals surface area contributed by atoms with Gasteiger partial charge < -0.3 is 10.0 Å². The molecule has 2 unspecified atom stereocenters. The van der Waals surface area contributed by atoms with Gasteiger partial charge in [0.15, 0.2) is 0 Å². The van der Waals surface area contributed by atoms with Gasteiger partial charge in [-0.05, 0) is 19.1 Å². The number of carbonyl (C=O) groups excluding carboxylic acids is 2. The number of phenols is 1. The number of amides is 2. The molecule has 2 aliphatic rings. The van der Waals surface area contributed by atoms with Gasteiger partial charge in [-0.3, -0.25) is 9.59 Å². The van der Waals surface area contributed by atoms with Crippen molar-refractivity contribution >= 4 is 17.5 Å². The second-order valence-corrected chi connectivity index (χ2v) is 5.33. The van der Waals surface area contributed by atoms with Crippen LogP contribution in [0.3, 0.4) is 0 Å². The van der Waals surface area contributed by atoms with Crippen LogP contribution in [0.1, 0.15) is 17.3 Å². The van der Waals surface area contributed by atoms with Crippen molar-refractivity contribution in [1.82, 2.24) is 10.3 Å². The zero-order chi connectivity index (χ0) is 16.4. The number of benzene rings is 1. The van der Waals surface area contributed by atoms with E-state index in [9.17, 15) is 14.7 Å². The standard InChI is InChI=1S/C17H17N3O3/c1-2-20-13-9-5-3-7-11(13)15(17(20)23)18-19-16(22)12-8-4-6-10-14(12)21/h3-11,13,21H,2H2,1H3,(H,19,22)/b18-15-. The van der Waals surface area contributed by atoms with Crippen molar-refractivity contribution in [2.75, 3.05) is 6.54 Å². The van der Waals surface area contributed by atoms with Crippen molar-refractivity contribution < 1.29 is 14.7 Å². The highest BCUT2D eigenvalue weighted by molar-refractivity contribution is 6.42. The number of aromatic hydroxyl groups is 1. The van der Waals surface area contributed by atoms with E-state index in [-0.39, 0.29) is 29.2 Å². The number of nitrogens with zero attached hydrogens (tertiary/aromatic N) is 2. The number of likely N-dealkylation sites (tertiary alicyclic amines) is 1. The molecule has 0 bridgehead atoms. The van der Waals surface area contributed by atoms with E-state index in [1.807, 2.05) is 31.2 Å². The normalized spacial score (nSPS) is 24.1. The summed E-state index contributed by atoms with van der Waals surface area (Å²) in [6.45, 7) is 2.48. The fourth-order valence-corrected chi connectivity index (χ4v) is 2.88. The number of likely N-dealkylation sites (N-methyl/N-ethyl adjacent to an activating group) is 1. The number of rotatable bonds is 3. The molecule has 0 aromatic heterocycles. The van der Waals surface area contributed by atoms with Gasteiger partial charge in [0, 0.05) is 6.54 Å². The van der Waals surface area contributed by atoms with Crippen LogP contribution in [-0.4, -0.2) is 40.1 Å². The lowest BCUT2D eigenvalue weighted by atomic mass is 9.94. The van der Waals surface area contributed by atoms with Gasteiger partial charge in [0.05, 0.1) is 17.5 Å². The molecular weight excluding hydrogens is 294 g/mol. The van der Waals surface area contributed by atoms with Crippen molar-refractivity contribution in [2.24, 2.45) is 11.0 Å². The molecule has 0 spiro atoms. The Morgan fingerprint density at radius 3 is 2.78 bits per heavy atom. The number of allylic oxidation sites excluding steroid dienone is 2. The second-order valence-electron chi connectivity index (χ2n) is 5.33. The van der Waals surface area contributed by atoms with Crippen molar-refractivity contribution in [3.05, 3.63) is 54.1 Å². The molecular formula is C17H17N3O3. The lowest BCUT2D eigenvalue weighted by Crippen LogP contribution is -2.34. The third kappa shape index (κ3) is 2.63. The Bertz CT molecular complexity index is 736. The molecule has 2 atom stereocenters. The average molecular weight is 311 g/mol. The SMILES string of the molecule is CCN1C(=O)/C(=N\NC(=O)c2ccccc2O)C2C=CC=CC21. The van der Waals surface area contributed by atoms with Crippen LogP contribution in [-0.2, 0) is 4.79 Å². The highest BCUT2D eigenvalue weighted by atomic mass is 16.3. The Hall–Kier alpha value is -2.89. The van der Waals surface area contributed by atoms with Crippen molar-refractivity contribution in [3.8, 4) is 5.75 Å². The van der Waals surface area contributed by atoms with Crippen molar-refractivity contribution in [2.45, 2.75) is 13.0 Å². The van der Waals surface area contributed by atoms with Crippen molar-refractivity contribution in [3.63, 3.8) is 0 Å². The number of hydrogen-bond acceptors (Lipinski definition) is 4. The van der Waals surface area contributed by atoms with Gasteiger partial charge in [0.25, 0.3) is 11.8 Å². The van der Waals surface area contributed by atoms with E-state index in [0.29, 0.717) is 12.3 Å². The Kier molecular flexibility index (Phi) is 3.97. The molecule has 1 fully saturated rings. The number of hydrazone groups is 1. The Labute approximate surface area is 133 Å². The van der Waals surface area contributed by atoms with E-state index in [2.05, 4.69) is 10.5 Å². The van der Waals surface area contributed by atoms with Crippen molar-refractivity contribution in [1.29, 1.82) is 0 Å². The molecule has 3 rings (SSSR count). The van der Waals surface area contributed by atoms with Crippen LogP contribution in [0.25, 0.3) is 0 Å². The fraction of sp³-hybridized carbons (Fsp3) is 0.235. The first-order chi connectivity index (χ1) is 11.1. The summed E-state index contributed by atoms with van der Waals surface area (Å²) in [5.74, 6) is -1.03. The largest absolute Gasteiger partial charge is 0.507 e. The zero-order valence-electron chi connectivity index (χ0n) is 12.6. The molecule has 2 N–H and O–H groups in total. The minimum Gasteiger partial charge on any atom is -0.507 e. The molecule has 1 aromatic rings. The van der Waals surface area contributed by atoms with Gasteiger partial charge in [-0.15, -0.1) is 0 Å². The zero-order valence-corrected chi connectivity index (χ0v) is 12.6. The topological polar surface area (TPSA) is 82.0 Å². The number of nitrogens with one attached hydrogen (secondary N) is 1. The maximum atomic E-state index is 12.4. The highest BCUT2D eigenvalue weighted by Crippen LogP contribution is 2.28. The monoisotopic (exact) mass is 311 g/mol. The minimum atomic E-state index is -0.551. The first-order valence-corrected chi connectivity index (χ1v) is 7.45. The average Bonchev–Trinajstić information content (AvgIpc) is 2.84. The molecule has 23 heavy (non-hydrogen) atoms. The van der Waals surface area contributed by atoms with E-state index < -0.39 is 5.91 Å². The van der Waals surface area contributed by atoms with Crippen LogP contribution >= 0.6 is 0 Å². The van der Waals surface area contributed by atoms with Gasteiger partial charge in [-0.25, -0.2) is 5.43 Å². The van der Waals surface area contributed by atoms with Crippen LogP contribution in [0.15, 0.2) is 53.7 Å². The number of phenolic OH excluding ortho intramolecular Hbond substituents is 1. The molecule has 1 heterocycles. The molecule has 1 aliphatic carbocycles. The van der Waals surface area contributed by atoms with Gasteiger partial charge in [0.1, 0.15) is 11.5 Å². The molecule has 1 aromatic carbocycles. The van der Waals surface area contributed by atoms with Gasteiger partial charge in [-0.1, -0.05) is 36.4 Å². The Morgan fingerprint density at radius 2 is 2.04 bits per heavy atom. The lowest BCUT2D eigenvalue weighted by molar-refractivity contribution is -0.123. The van der Waals surface area contributed by atoms with Crippen LogP contribution in [0.2, 0.25) is 0 Å². The number of hydrogen-bond donors (Lipinski definition) is 2. The van der Waals surface area contributed by atoms with Gasteiger partial charge in [-0.2, -0.15) is 5.10 Å². The van der Waals surface area contributed by atoms with Crippen LogP contribution in [0, 0.1) is 5.92 Å².